The number of rotatable bonds is 1. The molecule has 0 aromatic heterocycles. The van der Waals surface area contributed by atoms with Crippen molar-refractivity contribution >= 4 is 21.5 Å². The molecular formula is C17H14O3. The zero-order valence-electron chi connectivity index (χ0n) is 11.1. The van der Waals surface area contributed by atoms with Crippen LogP contribution in [0.2, 0.25) is 0 Å². The van der Waals surface area contributed by atoms with E-state index < -0.39 is 0 Å². The van der Waals surface area contributed by atoms with E-state index in [-0.39, 0.29) is 13.4 Å². The molecule has 20 heavy (non-hydrogen) atoms. The van der Waals surface area contributed by atoms with Crippen LogP contribution in [0.3, 0.4) is 0 Å². The Balaban J connectivity index is 2.18. The lowest BCUT2D eigenvalue weighted by molar-refractivity contribution is 0.174. The second-order valence-electron chi connectivity index (χ2n) is 5.17. The summed E-state index contributed by atoms with van der Waals surface area (Å²) in [4.78, 5) is 0. The number of fused-ring (bicyclic) bond motifs is 4. The number of ether oxygens (including phenoxy) is 2. The van der Waals surface area contributed by atoms with Gasteiger partial charge in [0.05, 0.1) is 6.61 Å². The molecular weight excluding hydrogens is 252 g/mol. The zero-order chi connectivity index (χ0) is 13.7. The lowest BCUT2D eigenvalue weighted by atomic mass is 9.96. The Morgan fingerprint density at radius 1 is 0.950 bits per heavy atom. The Morgan fingerprint density at radius 3 is 2.55 bits per heavy atom. The van der Waals surface area contributed by atoms with Crippen LogP contribution in [0.15, 0.2) is 36.4 Å². The predicted octanol–water partition coefficient (Wildman–Crippen LogP) is 3.52. The van der Waals surface area contributed by atoms with Gasteiger partial charge >= 0.3 is 0 Å². The number of aryl methyl sites for hydroxylation is 1. The highest BCUT2D eigenvalue weighted by Gasteiger charge is 2.16. The Hall–Kier alpha value is -2.26. The van der Waals surface area contributed by atoms with Crippen molar-refractivity contribution in [3.63, 3.8) is 0 Å². The Morgan fingerprint density at radius 2 is 1.75 bits per heavy atom. The summed E-state index contributed by atoms with van der Waals surface area (Å²) < 4.78 is 10.9. The van der Waals surface area contributed by atoms with Gasteiger partial charge in [-0.3, -0.25) is 0 Å². The van der Waals surface area contributed by atoms with Crippen LogP contribution in [0.25, 0.3) is 21.5 Å². The summed E-state index contributed by atoms with van der Waals surface area (Å²) in [5, 5.41) is 14.0. The monoisotopic (exact) mass is 266 g/mol. The lowest BCUT2D eigenvalue weighted by Crippen LogP contribution is -1.92. The summed E-state index contributed by atoms with van der Waals surface area (Å²) in [7, 11) is 0. The van der Waals surface area contributed by atoms with Gasteiger partial charge in [0.1, 0.15) is 0 Å². The van der Waals surface area contributed by atoms with Crippen LogP contribution in [0, 0.1) is 6.92 Å². The standard InChI is InChI=1S/C17H14O3/c1-10-2-3-13-12(8-18)5-11-6-16-17(20-9-19-16)7-14(11)15(13)4-10/h2-7,18H,8-9H2,1H3. The molecule has 0 aliphatic carbocycles. The molecule has 3 aromatic carbocycles. The van der Waals surface area contributed by atoms with Crippen LogP contribution < -0.4 is 9.47 Å². The van der Waals surface area contributed by atoms with Gasteiger partial charge in [-0.05, 0) is 52.2 Å². The van der Waals surface area contributed by atoms with Crippen LogP contribution in [-0.4, -0.2) is 11.9 Å². The van der Waals surface area contributed by atoms with Crippen molar-refractivity contribution in [3.8, 4) is 11.5 Å². The molecule has 4 rings (SSSR count). The van der Waals surface area contributed by atoms with Crippen LogP contribution in [0.5, 0.6) is 11.5 Å². The first-order valence-electron chi connectivity index (χ1n) is 6.63. The molecule has 1 aliphatic heterocycles. The fourth-order valence-corrected chi connectivity index (χ4v) is 2.87. The van der Waals surface area contributed by atoms with Crippen molar-refractivity contribution in [1.82, 2.24) is 0 Å². The molecule has 100 valence electrons. The van der Waals surface area contributed by atoms with E-state index in [9.17, 15) is 5.11 Å². The van der Waals surface area contributed by atoms with E-state index >= 15 is 0 Å². The summed E-state index contributed by atoms with van der Waals surface area (Å²) in [6.07, 6.45) is 0. The number of benzene rings is 3. The summed E-state index contributed by atoms with van der Waals surface area (Å²) in [6.45, 7) is 2.38. The van der Waals surface area contributed by atoms with Gasteiger partial charge in [-0.2, -0.15) is 0 Å². The third-order valence-corrected chi connectivity index (χ3v) is 3.86. The maximum atomic E-state index is 9.60. The second kappa shape index (κ2) is 4.12. The van der Waals surface area contributed by atoms with Gasteiger partial charge in [0, 0.05) is 0 Å². The van der Waals surface area contributed by atoms with Crippen LogP contribution in [0.1, 0.15) is 11.1 Å². The number of hydrogen-bond donors (Lipinski definition) is 1. The van der Waals surface area contributed by atoms with Crippen molar-refractivity contribution in [2.24, 2.45) is 0 Å². The van der Waals surface area contributed by atoms with E-state index in [0.29, 0.717) is 0 Å². The fourth-order valence-electron chi connectivity index (χ4n) is 2.87. The predicted molar refractivity (Wildman–Crippen MR) is 78.2 cm³/mol. The van der Waals surface area contributed by atoms with E-state index in [1.807, 2.05) is 18.2 Å². The van der Waals surface area contributed by atoms with Crippen LogP contribution in [-0.2, 0) is 6.61 Å². The molecule has 0 saturated carbocycles. The molecule has 0 amide bonds. The van der Waals surface area contributed by atoms with Crippen molar-refractivity contribution in [2.75, 3.05) is 6.79 Å². The minimum Gasteiger partial charge on any atom is -0.454 e. The Kier molecular flexibility index (Phi) is 2.38. The summed E-state index contributed by atoms with van der Waals surface area (Å²) in [5.41, 5.74) is 2.14. The van der Waals surface area contributed by atoms with E-state index in [2.05, 4.69) is 25.1 Å². The minimum atomic E-state index is 0.0317. The van der Waals surface area contributed by atoms with Gasteiger partial charge in [0.25, 0.3) is 0 Å². The van der Waals surface area contributed by atoms with Crippen molar-refractivity contribution in [3.05, 3.63) is 47.5 Å². The van der Waals surface area contributed by atoms with Gasteiger partial charge in [-0.15, -0.1) is 0 Å². The summed E-state index contributed by atoms with van der Waals surface area (Å²) in [6, 6.07) is 12.3. The average molecular weight is 266 g/mol. The third-order valence-electron chi connectivity index (χ3n) is 3.86. The first-order valence-corrected chi connectivity index (χ1v) is 6.63. The van der Waals surface area contributed by atoms with Gasteiger partial charge in [0.15, 0.2) is 11.5 Å². The lowest BCUT2D eigenvalue weighted by Gasteiger charge is -2.10. The smallest absolute Gasteiger partial charge is 0.231 e. The molecule has 3 nitrogen and oxygen atoms in total. The minimum absolute atomic E-state index is 0.0317. The highest BCUT2D eigenvalue weighted by Crippen LogP contribution is 2.39. The first kappa shape index (κ1) is 11.6. The maximum absolute atomic E-state index is 9.60. The zero-order valence-corrected chi connectivity index (χ0v) is 11.1. The van der Waals surface area contributed by atoms with Gasteiger partial charge in [-0.25, -0.2) is 0 Å². The van der Waals surface area contributed by atoms with Crippen LogP contribution in [0.4, 0.5) is 0 Å². The quantitative estimate of drug-likeness (QED) is 0.685. The van der Waals surface area contributed by atoms with Gasteiger partial charge in [0.2, 0.25) is 6.79 Å². The molecule has 0 unspecified atom stereocenters. The molecule has 0 bridgehead atoms. The second-order valence-corrected chi connectivity index (χ2v) is 5.17. The highest BCUT2D eigenvalue weighted by molar-refractivity contribution is 6.10. The molecule has 3 heteroatoms. The highest BCUT2D eigenvalue weighted by atomic mass is 16.7. The molecule has 1 N–H and O–H groups in total. The summed E-state index contributed by atoms with van der Waals surface area (Å²) in [5.74, 6) is 1.56. The molecule has 0 atom stereocenters. The normalized spacial score (nSPS) is 13.3. The Bertz CT molecular complexity index is 837. The largest absolute Gasteiger partial charge is 0.454 e. The molecule has 3 aromatic rings. The average Bonchev–Trinajstić information content (AvgIpc) is 2.91. The van der Waals surface area contributed by atoms with E-state index in [0.717, 1.165) is 38.6 Å². The van der Waals surface area contributed by atoms with Crippen molar-refractivity contribution in [2.45, 2.75) is 13.5 Å². The third kappa shape index (κ3) is 1.57. The number of aliphatic hydroxyl groups is 1. The van der Waals surface area contributed by atoms with E-state index in [1.165, 1.54) is 5.56 Å². The van der Waals surface area contributed by atoms with Crippen LogP contribution >= 0.6 is 0 Å². The molecule has 0 radical (unpaired) electrons. The van der Waals surface area contributed by atoms with Gasteiger partial charge < -0.3 is 14.6 Å². The van der Waals surface area contributed by atoms with Crippen molar-refractivity contribution < 1.29 is 14.6 Å². The fraction of sp³-hybridized carbons (Fsp3) is 0.176. The van der Waals surface area contributed by atoms with Crippen molar-refractivity contribution in [1.29, 1.82) is 0 Å². The maximum Gasteiger partial charge on any atom is 0.231 e. The SMILES string of the molecule is Cc1ccc2c(CO)cc3cc4c(cc3c2c1)OCO4. The van der Waals surface area contributed by atoms with E-state index in [4.69, 9.17) is 9.47 Å². The topological polar surface area (TPSA) is 38.7 Å². The molecule has 0 fully saturated rings. The molecule has 1 heterocycles. The first-order chi connectivity index (χ1) is 9.76. The van der Waals surface area contributed by atoms with Gasteiger partial charge in [-0.1, -0.05) is 23.8 Å². The summed E-state index contributed by atoms with van der Waals surface area (Å²) >= 11 is 0. The Labute approximate surface area is 116 Å². The molecule has 1 aliphatic rings. The molecule has 0 saturated heterocycles. The number of hydrogen-bond acceptors (Lipinski definition) is 3. The molecule has 0 spiro atoms. The van der Waals surface area contributed by atoms with E-state index in [1.54, 1.807) is 0 Å². The number of aliphatic hydroxyl groups excluding tert-OH is 1.